The quantitative estimate of drug-likeness (QED) is 0.706. The lowest BCUT2D eigenvalue weighted by atomic mass is 10.2. The largest absolute Gasteiger partial charge is 0.486 e. The maximum atomic E-state index is 14.0. The number of nitrogens with one attached hydrogen (secondary N) is 1. The van der Waals surface area contributed by atoms with Crippen LogP contribution in [0.15, 0.2) is 48.5 Å². The topological polar surface area (TPSA) is 84.9 Å². The third-order valence-corrected chi connectivity index (χ3v) is 5.56. The van der Waals surface area contributed by atoms with E-state index in [2.05, 4.69) is 5.32 Å². The van der Waals surface area contributed by atoms with Gasteiger partial charge in [-0.25, -0.2) is 12.8 Å². The van der Waals surface area contributed by atoms with Crippen LogP contribution in [-0.2, 0) is 14.8 Å². The number of carbonyl (C=O) groups excluding carboxylic acids is 1. The fourth-order valence-corrected chi connectivity index (χ4v) is 3.95. The second kappa shape index (κ2) is 9.13. The van der Waals surface area contributed by atoms with Gasteiger partial charge in [0.05, 0.1) is 18.5 Å². The van der Waals surface area contributed by atoms with Crippen molar-refractivity contribution in [2.45, 2.75) is 18.9 Å². The van der Waals surface area contributed by atoms with Crippen LogP contribution in [0.1, 0.15) is 12.8 Å². The molecule has 2 aromatic rings. The van der Waals surface area contributed by atoms with Crippen molar-refractivity contribution in [3.05, 3.63) is 54.3 Å². The first kappa shape index (κ1) is 20.9. The number of hydrogen-bond donors (Lipinski definition) is 1. The van der Waals surface area contributed by atoms with E-state index in [0.717, 1.165) is 10.6 Å². The zero-order valence-electron chi connectivity index (χ0n) is 16.0. The third kappa shape index (κ3) is 5.60. The van der Waals surface area contributed by atoms with Gasteiger partial charge in [0.2, 0.25) is 15.9 Å². The van der Waals surface area contributed by atoms with E-state index in [-0.39, 0.29) is 43.6 Å². The number of fused-ring (bicyclic) bond motifs is 1. The minimum atomic E-state index is -3.67. The van der Waals surface area contributed by atoms with Crippen molar-refractivity contribution in [3.8, 4) is 11.5 Å². The summed E-state index contributed by atoms with van der Waals surface area (Å²) in [6.45, 7) is 0.603. The van der Waals surface area contributed by atoms with Gasteiger partial charge in [-0.3, -0.25) is 9.10 Å². The molecule has 0 spiro atoms. The van der Waals surface area contributed by atoms with Gasteiger partial charge in [0.25, 0.3) is 0 Å². The number of benzene rings is 2. The normalized spacial score (nSPS) is 15.6. The van der Waals surface area contributed by atoms with Crippen molar-refractivity contribution < 1.29 is 27.1 Å². The van der Waals surface area contributed by atoms with E-state index in [1.54, 1.807) is 12.1 Å². The highest BCUT2D eigenvalue weighted by Gasteiger charge is 2.22. The van der Waals surface area contributed by atoms with Crippen molar-refractivity contribution in [1.29, 1.82) is 0 Å². The van der Waals surface area contributed by atoms with Crippen LogP contribution in [0.4, 0.5) is 10.1 Å². The predicted octanol–water partition coefficient (Wildman–Crippen LogP) is 2.33. The zero-order valence-corrected chi connectivity index (χ0v) is 16.8. The molecule has 1 amide bonds. The molecule has 1 atom stereocenters. The number of ether oxygens (including phenoxy) is 2. The SMILES string of the molecule is CS(=O)(=O)N(CCCC(=O)NC[C@@H]1COc2ccccc2O1)c1ccccc1F. The van der Waals surface area contributed by atoms with E-state index in [1.165, 1.54) is 18.2 Å². The van der Waals surface area contributed by atoms with E-state index in [4.69, 9.17) is 9.47 Å². The molecule has 0 saturated carbocycles. The summed E-state index contributed by atoms with van der Waals surface area (Å²) in [5, 5.41) is 2.76. The fraction of sp³-hybridized carbons (Fsp3) is 0.350. The van der Waals surface area contributed by atoms with Crippen LogP contribution in [0.25, 0.3) is 0 Å². The van der Waals surface area contributed by atoms with Gasteiger partial charge < -0.3 is 14.8 Å². The number of carbonyl (C=O) groups is 1. The Morgan fingerprint density at radius 1 is 1.17 bits per heavy atom. The Morgan fingerprint density at radius 2 is 1.86 bits per heavy atom. The first-order valence-corrected chi connectivity index (χ1v) is 11.1. The highest BCUT2D eigenvalue weighted by atomic mass is 32.2. The highest BCUT2D eigenvalue weighted by molar-refractivity contribution is 7.92. The van der Waals surface area contributed by atoms with Crippen molar-refractivity contribution in [1.82, 2.24) is 5.32 Å². The van der Waals surface area contributed by atoms with Crippen LogP contribution in [0, 0.1) is 5.82 Å². The summed E-state index contributed by atoms with van der Waals surface area (Å²) in [5.41, 5.74) is -0.0261. The average Bonchev–Trinajstić information content (AvgIpc) is 2.69. The van der Waals surface area contributed by atoms with Crippen LogP contribution in [0.3, 0.4) is 0 Å². The number of rotatable bonds is 8. The minimum absolute atomic E-state index is 0.00357. The van der Waals surface area contributed by atoms with Crippen LogP contribution in [0.2, 0.25) is 0 Å². The summed E-state index contributed by atoms with van der Waals surface area (Å²) in [6, 6.07) is 13.0. The van der Waals surface area contributed by atoms with Gasteiger partial charge >= 0.3 is 0 Å². The summed E-state index contributed by atoms with van der Waals surface area (Å²) in [4.78, 5) is 12.1. The molecule has 3 rings (SSSR count). The molecule has 0 radical (unpaired) electrons. The predicted molar refractivity (Wildman–Crippen MR) is 107 cm³/mol. The van der Waals surface area contributed by atoms with E-state index >= 15 is 0 Å². The van der Waals surface area contributed by atoms with E-state index in [9.17, 15) is 17.6 Å². The Morgan fingerprint density at radius 3 is 2.59 bits per heavy atom. The van der Waals surface area contributed by atoms with Gasteiger partial charge in [0, 0.05) is 13.0 Å². The molecule has 0 saturated heterocycles. The molecule has 7 nitrogen and oxygen atoms in total. The van der Waals surface area contributed by atoms with Crippen molar-refractivity contribution in [3.63, 3.8) is 0 Å². The number of halogens is 1. The Kier molecular flexibility index (Phi) is 6.58. The molecule has 29 heavy (non-hydrogen) atoms. The molecular weight excluding hydrogens is 399 g/mol. The van der Waals surface area contributed by atoms with Gasteiger partial charge in [-0.2, -0.15) is 0 Å². The monoisotopic (exact) mass is 422 g/mol. The molecule has 9 heteroatoms. The molecule has 1 N–H and O–H groups in total. The first-order valence-electron chi connectivity index (χ1n) is 9.22. The Bertz CT molecular complexity index is 967. The van der Waals surface area contributed by atoms with E-state index < -0.39 is 15.8 Å². The summed E-state index contributed by atoms with van der Waals surface area (Å²) in [7, 11) is -3.67. The smallest absolute Gasteiger partial charge is 0.232 e. The number of anilines is 1. The van der Waals surface area contributed by atoms with Crippen LogP contribution >= 0.6 is 0 Å². The Hall–Kier alpha value is -2.81. The molecule has 1 heterocycles. The van der Waals surface area contributed by atoms with Crippen LogP contribution in [0.5, 0.6) is 11.5 Å². The number of hydrogen-bond acceptors (Lipinski definition) is 5. The molecule has 0 bridgehead atoms. The molecular formula is C20H23FN2O5S. The lowest BCUT2D eigenvalue weighted by molar-refractivity contribution is -0.121. The molecule has 0 unspecified atom stereocenters. The average molecular weight is 422 g/mol. The standard InChI is InChI=1S/C20H23FN2O5S/c1-29(25,26)23(17-8-3-2-7-16(17)21)12-6-11-20(24)22-13-15-14-27-18-9-4-5-10-19(18)28-15/h2-5,7-10,15H,6,11-14H2,1H3,(H,22,24)/t15-/m1/s1. The van der Waals surface area contributed by atoms with Crippen molar-refractivity contribution >= 4 is 21.6 Å². The molecule has 1 aliphatic rings. The van der Waals surface area contributed by atoms with Crippen molar-refractivity contribution in [2.24, 2.45) is 0 Å². The summed E-state index contributed by atoms with van der Waals surface area (Å²) in [5.74, 6) is 0.433. The highest BCUT2D eigenvalue weighted by Crippen LogP contribution is 2.30. The van der Waals surface area contributed by atoms with Gasteiger partial charge in [0.1, 0.15) is 18.5 Å². The van der Waals surface area contributed by atoms with Gasteiger partial charge in [-0.15, -0.1) is 0 Å². The van der Waals surface area contributed by atoms with Crippen molar-refractivity contribution in [2.75, 3.05) is 30.3 Å². The van der Waals surface area contributed by atoms with Crippen LogP contribution < -0.4 is 19.1 Å². The van der Waals surface area contributed by atoms with E-state index in [0.29, 0.717) is 18.1 Å². The maximum Gasteiger partial charge on any atom is 0.232 e. The first-order chi connectivity index (χ1) is 13.8. The molecule has 0 fully saturated rings. The number of para-hydroxylation sites is 3. The Balaban J connectivity index is 1.47. The summed E-state index contributed by atoms with van der Waals surface area (Å²) >= 11 is 0. The van der Waals surface area contributed by atoms with Gasteiger partial charge in [-0.05, 0) is 30.7 Å². The second-order valence-electron chi connectivity index (χ2n) is 6.69. The summed E-state index contributed by atoms with van der Waals surface area (Å²) in [6.07, 6.45) is 1.06. The zero-order chi connectivity index (χ0) is 20.9. The third-order valence-electron chi connectivity index (χ3n) is 4.38. The van der Waals surface area contributed by atoms with Gasteiger partial charge in [0.15, 0.2) is 11.5 Å². The maximum absolute atomic E-state index is 14.0. The summed E-state index contributed by atoms with van der Waals surface area (Å²) < 4.78 is 50.4. The van der Waals surface area contributed by atoms with E-state index in [1.807, 2.05) is 18.2 Å². The molecule has 156 valence electrons. The number of nitrogens with zero attached hydrogens (tertiary/aromatic N) is 1. The lowest BCUT2D eigenvalue weighted by Crippen LogP contribution is -2.41. The number of amides is 1. The molecule has 0 aromatic heterocycles. The fourth-order valence-electron chi connectivity index (χ4n) is 2.98. The van der Waals surface area contributed by atoms with Gasteiger partial charge in [-0.1, -0.05) is 24.3 Å². The lowest BCUT2D eigenvalue weighted by Gasteiger charge is -2.26. The molecule has 0 aliphatic carbocycles. The number of sulfonamides is 1. The second-order valence-corrected chi connectivity index (χ2v) is 8.60. The minimum Gasteiger partial charge on any atom is -0.486 e. The molecule has 1 aliphatic heterocycles. The van der Waals surface area contributed by atoms with Crippen LogP contribution in [-0.4, -0.2) is 46.4 Å². The molecule has 2 aromatic carbocycles. The Labute approximate surface area is 169 Å².